The van der Waals surface area contributed by atoms with E-state index in [1.807, 2.05) is 0 Å². The van der Waals surface area contributed by atoms with Crippen LogP contribution in [0.4, 0.5) is 0 Å². The maximum atomic E-state index is 5.83. The van der Waals surface area contributed by atoms with Gasteiger partial charge in [0.15, 0.2) is 0 Å². The lowest BCUT2D eigenvalue weighted by molar-refractivity contribution is -0.0291. The average Bonchev–Trinajstić information content (AvgIpc) is 2.85. The average molecular weight is 268 g/mol. The zero-order valence-electron chi connectivity index (χ0n) is 13.1. The van der Waals surface area contributed by atoms with Gasteiger partial charge in [0.05, 0.1) is 6.61 Å². The SMILES string of the molecule is CCC1CCCN1CC1(CNC(C)C)CCCOC1. The molecular formula is C16H32N2O. The van der Waals surface area contributed by atoms with E-state index in [2.05, 4.69) is 31.0 Å². The van der Waals surface area contributed by atoms with Gasteiger partial charge in [-0.2, -0.15) is 0 Å². The lowest BCUT2D eigenvalue weighted by atomic mass is 9.81. The Hall–Kier alpha value is -0.120. The van der Waals surface area contributed by atoms with E-state index in [-0.39, 0.29) is 0 Å². The normalized spacial score (nSPS) is 33.2. The molecule has 3 heteroatoms. The number of nitrogens with zero attached hydrogens (tertiary/aromatic N) is 1. The Morgan fingerprint density at radius 3 is 2.84 bits per heavy atom. The fraction of sp³-hybridized carbons (Fsp3) is 1.00. The highest BCUT2D eigenvalue weighted by Gasteiger charge is 2.37. The van der Waals surface area contributed by atoms with Crippen molar-refractivity contribution in [2.45, 2.75) is 65.0 Å². The monoisotopic (exact) mass is 268 g/mol. The second-order valence-electron chi connectivity index (χ2n) is 6.87. The minimum absolute atomic E-state index is 0.348. The summed E-state index contributed by atoms with van der Waals surface area (Å²) in [5, 5.41) is 3.66. The van der Waals surface area contributed by atoms with Crippen LogP contribution in [0.25, 0.3) is 0 Å². The first-order valence-corrected chi connectivity index (χ1v) is 8.20. The molecule has 2 aliphatic rings. The molecule has 19 heavy (non-hydrogen) atoms. The Balaban J connectivity index is 1.96. The van der Waals surface area contributed by atoms with E-state index in [0.29, 0.717) is 11.5 Å². The summed E-state index contributed by atoms with van der Waals surface area (Å²) in [6.07, 6.45) is 6.62. The molecule has 2 atom stereocenters. The quantitative estimate of drug-likeness (QED) is 0.801. The van der Waals surface area contributed by atoms with Crippen LogP contribution in [0, 0.1) is 5.41 Å². The van der Waals surface area contributed by atoms with Gasteiger partial charge >= 0.3 is 0 Å². The van der Waals surface area contributed by atoms with Gasteiger partial charge in [0.2, 0.25) is 0 Å². The van der Waals surface area contributed by atoms with Gasteiger partial charge in [0.25, 0.3) is 0 Å². The van der Waals surface area contributed by atoms with Gasteiger partial charge in [0.1, 0.15) is 0 Å². The first-order valence-electron chi connectivity index (χ1n) is 8.20. The van der Waals surface area contributed by atoms with Crippen LogP contribution in [0.3, 0.4) is 0 Å². The van der Waals surface area contributed by atoms with Crippen LogP contribution in [0.15, 0.2) is 0 Å². The zero-order chi connectivity index (χ0) is 13.7. The maximum Gasteiger partial charge on any atom is 0.0546 e. The smallest absolute Gasteiger partial charge is 0.0546 e. The summed E-state index contributed by atoms with van der Waals surface area (Å²) < 4.78 is 5.83. The van der Waals surface area contributed by atoms with Gasteiger partial charge in [-0.05, 0) is 38.6 Å². The summed E-state index contributed by atoms with van der Waals surface area (Å²) in [5.41, 5.74) is 0.348. The van der Waals surface area contributed by atoms with Crippen molar-refractivity contribution in [2.24, 2.45) is 5.41 Å². The van der Waals surface area contributed by atoms with Gasteiger partial charge in [-0.1, -0.05) is 20.8 Å². The molecule has 0 radical (unpaired) electrons. The van der Waals surface area contributed by atoms with Gasteiger partial charge in [-0.15, -0.1) is 0 Å². The third kappa shape index (κ3) is 4.17. The molecule has 0 amide bonds. The minimum atomic E-state index is 0.348. The Labute approximate surface area is 119 Å². The highest BCUT2D eigenvalue weighted by atomic mass is 16.5. The van der Waals surface area contributed by atoms with E-state index >= 15 is 0 Å². The highest BCUT2D eigenvalue weighted by molar-refractivity contribution is 4.91. The van der Waals surface area contributed by atoms with Crippen LogP contribution in [0.1, 0.15) is 52.9 Å². The summed E-state index contributed by atoms with van der Waals surface area (Å²) in [4.78, 5) is 2.73. The Kier molecular flexibility index (Phi) is 5.67. The number of nitrogens with one attached hydrogen (secondary N) is 1. The van der Waals surface area contributed by atoms with Crippen molar-refractivity contribution >= 4 is 0 Å². The first kappa shape index (κ1) is 15.3. The second-order valence-corrected chi connectivity index (χ2v) is 6.87. The van der Waals surface area contributed by atoms with E-state index in [1.54, 1.807) is 0 Å². The van der Waals surface area contributed by atoms with Crippen molar-refractivity contribution in [2.75, 3.05) is 32.8 Å². The van der Waals surface area contributed by atoms with E-state index in [1.165, 1.54) is 45.2 Å². The molecule has 2 unspecified atom stereocenters. The summed E-state index contributed by atoms with van der Waals surface area (Å²) in [7, 11) is 0. The topological polar surface area (TPSA) is 24.5 Å². The Morgan fingerprint density at radius 2 is 2.21 bits per heavy atom. The van der Waals surface area contributed by atoms with Gasteiger partial charge in [-0.3, -0.25) is 4.90 Å². The van der Waals surface area contributed by atoms with Gasteiger partial charge < -0.3 is 10.1 Å². The molecule has 1 N–H and O–H groups in total. The molecule has 0 aromatic carbocycles. The molecule has 2 aliphatic heterocycles. The number of hydrogen-bond acceptors (Lipinski definition) is 3. The molecule has 0 aromatic heterocycles. The molecule has 0 aliphatic carbocycles. The summed E-state index contributed by atoms with van der Waals surface area (Å²) in [5.74, 6) is 0. The highest BCUT2D eigenvalue weighted by Crippen LogP contribution is 2.32. The van der Waals surface area contributed by atoms with Crippen LogP contribution in [0.2, 0.25) is 0 Å². The molecule has 0 saturated carbocycles. The maximum absolute atomic E-state index is 5.83. The summed E-state index contributed by atoms with van der Waals surface area (Å²) in [6, 6.07) is 1.39. The van der Waals surface area contributed by atoms with E-state index in [9.17, 15) is 0 Å². The van der Waals surface area contributed by atoms with Crippen LogP contribution in [0.5, 0.6) is 0 Å². The number of likely N-dealkylation sites (tertiary alicyclic amines) is 1. The fourth-order valence-corrected chi connectivity index (χ4v) is 3.65. The van der Waals surface area contributed by atoms with Gasteiger partial charge in [-0.25, -0.2) is 0 Å². The number of ether oxygens (including phenoxy) is 1. The summed E-state index contributed by atoms with van der Waals surface area (Å²) in [6.45, 7) is 12.3. The Bertz CT molecular complexity index is 261. The van der Waals surface area contributed by atoms with Crippen LogP contribution >= 0.6 is 0 Å². The third-order valence-corrected chi connectivity index (χ3v) is 4.80. The lowest BCUT2D eigenvalue weighted by Gasteiger charge is -2.42. The predicted octanol–water partition coefficient (Wildman–Crippen LogP) is 2.66. The zero-order valence-corrected chi connectivity index (χ0v) is 13.1. The van der Waals surface area contributed by atoms with Gasteiger partial charge in [0, 0.05) is 37.2 Å². The van der Waals surface area contributed by atoms with Crippen molar-refractivity contribution in [3.8, 4) is 0 Å². The standard InChI is InChI=1S/C16H32N2O/c1-4-15-7-5-9-18(15)12-16(11-17-14(2)3)8-6-10-19-13-16/h14-15,17H,4-13H2,1-3H3. The van der Waals surface area contributed by atoms with E-state index in [0.717, 1.165) is 25.8 Å². The van der Waals surface area contributed by atoms with Crippen molar-refractivity contribution in [1.82, 2.24) is 10.2 Å². The molecule has 112 valence electrons. The molecule has 0 spiro atoms. The van der Waals surface area contributed by atoms with Crippen molar-refractivity contribution in [3.63, 3.8) is 0 Å². The second kappa shape index (κ2) is 7.05. The van der Waals surface area contributed by atoms with Crippen molar-refractivity contribution < 1.29 is 4.74 Å². The van der Waals surface area contributed by atoms with E-state index in [4.69, 9.17) is 4.74 Å². The molecule has 0 aromatic rings. The van der Waals surface area contributed by atoms with E-state index < -0.39 is 0 Å². The molecular weight excluding hydrogens is 236 g/mol. The molecule has 2 saturated heterocycles. The first-order chi connectivity index (χ1) is 9.15. The van der Waals surface area contributed by atoms with Crippen molar-refractivity contribution in [3.05, 3.63) is 0 Å². The van der Waals surface area contributed by atoms with Crippen LogP contribution in [-0.2, 0) is 4.74 Å². The number of hydrogen-bond donors (Lipinski definition) is 1. The predicted molar refractivity (Wildman–Crippen MR) is 80.5 cm³/mol. The molecule has 3 nitrogen and oxygen atoms in total. The molecule has 0 bridgehead atoms. The Morgan fingerprint density at radius 1 is 1.37 bits per heavy atom. The third-order valence-electron chi connectivity index (χ3n) is 4.80. The van der Waals surface area contributed by atoms with Crippen molar-refractivity contribution in [1.29, 1.82) is 0 Å². The minimum Gasteiger partial charge on any atom is -0.381 e. The van der Waals surface area contributed by atoms with Crippen LogP contribution < -0.4 is 5.32 Å². The fourth-order valence-electron chi connectivity index (χ4n) is 3.65. The molecule has 2 fully saturated rings. The molecule has 2 rings (SSSR count). The largest absolute Gasteiger partial charge is 0.381 e. The summed E-state index contributed by atoms with van der Waals surface area (Å²) >= 11 is 0. The van der Waals surface area contributed by atoms with Crippen LogP contribution in [-0.4, -0.2) is 49.8 Å². The molecule has 2 heterocycles. The number of rotatable bonds is 6. The lowest BCUT2D eigenvalue weighted by Crippen LogP contribution is -2.51.